The molecule has 0 saturated carbocycles. The van der Waals surface area contributed by atoms with E-state index in [4.69, 9.17) is 4.52 Å². The molecule has 8 heteroatoms. The van der Waals surface area contributed by atoms with Crippen molar-refractivity contribution < 1.29 is 4.52 Å². The SMILES string of the molecule is CC(C)Cc1nc(CSc2nnc(N3CCCCC3)n2-c2ccccc2)no1. The summed E-state index contributed by atoms with van der Waals surface area (Å²) < 4.78 is 7.50. The van der Waals surface area contributed by atoms with Crippen LogP contribution in [0.4, 0.5) is 5.95 Å². The van der Waals surface area contributed by atoms with Crippen molar-refractivity contribution in [3.05, 3.63) is 42.0 Å². The van der Waals surface area contributed by atoms with E-state index < -0.39 is 0 Å². The molecule has 1 saturated heterocycles. The zero-order valence-electron chi connectivity index (χ0n) is 16.4. The summed E-state index contributed by atoms with van der Waals surface area (Å²) in [6.07, 6.45) is 4.49. The number of thioether (sulfide) groups is 1. The Hall–Kier alpha value is -2.35. The highest BCUT2D eigenvalue weighted by atomic mass is 32.2. The van der Waals surface area contributed by atoms with Crippen LogP contribution in [0.15, 0.2) is 40.0 Å². The second-order valence-corrected chi connectivity index (χ2v) is 8.43. The maximum absolute atomic E-state index is 5.35. The first kappa shape index (κ1) is 19.0. The average Bonchev–Trinajstić information content (AvgIpc) is 3.34. The highest BCUT2D eigenvalue weighted by Crippen LogP contribution is 2.29. The van der Waals surface area contributed by atoms with Gasteiger partial charge in [0.15, 0.2) is 11.0 Å². The Balaban J connectivity index is 1.56. The lowest BCUT2D eigenvalue weighted by Crippen LogP contribution is -2.31. The Morgan fingerprint density at radius 1 is 1.07 bits per heavy atom. The number of rotatable bonds is 7. The minimum absolute atomic E-state index is 0.495. The van der Waals surface area contributed by atoms with Gasteiger partial charge in [-0.2, -0.15) is 4.98 Å². The van der Waals surface area contributed by atoms with E-state index in [-0.39, 0.29) is 0 Å². The fourth-order valence-corrected chi connectivity index (χ4v) is 4.16. The Morgan fingerprint density at radius 3 is 2.61 bits per heavy atom. The van der Waals surface area contributed by atoms with E-state index in [1.165, 1.54) is 19.3 Å². The molecular weight excluding hydrogens is 372 g/mol. The lowest BCUT2D eigenvalue weighted by Gasteiger charge is -2.27. The third kappa shape index (κ3) is 4.38. The van der Waals surface area contributed by atoms with E-state index in [0.717, 1.165) is 36.3 Å². The van der Waals surface area contributed by atoms with Gasteiger partial charge >= 0.3 is 0 Å². The normalized spacial score (nSPS) is 14.8. The summed E-state index contributed by atoms with van der Waals surface area (Å²) in [5.41, 5.74) is 1.07. The molecule has 7 nitrogen and oxygen atoms in total. The summed E-state index contributed by atoms with van der Waals surface area (Å²) >= 11 is 1.59. The lowest BCUT2D eigenvalue weighted by atomic mass is 10.1. The quantitative estimate of drug-likeness (QED) is 0.554. The molecule has 3 heterocycles. The summed E-state index contributed by atoms with van der Waals surface area (Å²) in [6.45, 7) is 6.34. The van der Waals surface area contributed by atoms with Crippen LogP contribution in [-0.4, -0.2) is 38.0 Å². The third-order valence-electron chi connectivity index (χ3n) is 4.69. The van der Waals surface area contributed by atoms with Crippen LogP contribution in [0.25, 0.3) is 5.69 Å². The minimum Gasteiger partial charge on any atom is -0.341 e. The van der Waals surface area contributed by atoms with Crippen molar-refractivity contribution in [1.82, 2.24) is 24.9 Å². The Labute approximate surface area is 169 Å². The lowest BCUT2D eigenvalue weighted by molar-refractivity contribution is 0.360. The number of hydrogen-bond donors (Lipinski definition) is 0. The number of piperidine rings is 1. The molecule has 0 bridgehead atoms. The van der Waals surface area contributed by atoms with E-state index in [9.17, 15) is 0 Å². The number of nitrogens with zero attached hydrogens (tertiary/aromatic N) is 6. The summed E-state index contributed by atoms with van der Waals surface area (Å²) in [4.78, 5) is 6.83. The zero-order valence-corrected chi connectivity index (χ0v) is 17.2. The van der Waals surface area contributed by atoms with Gasteiger partial charge in [-0.15, -0.1) is 10.2 Å². The molecule has 28 heavy (non-hydrogen) atoms. The molecule has 0 unspecified atom stereocenters. The number of benzene rings is 1. The molecule has 2 aromatic heterocycles. The van der Waals surface area contributed by atoms with E-state index in [0.29, 0.717) is 23.4 Å². The van der Waals surface area contributed by atoms with Crippen molar-refractivity contribution in [3.8, 4) is 5.69 Å². The van der Waals surface area contributed by atoms with Crippen molar-refractivity contribution in [3.63, 3.8) is 0 Å². The van der Waals surface area contributed by atoms with Gasteiger partial charge in [-0.3, -0.25) is 4.57 Å². The summed E-state index contributed by atoms with van der Waals surface area (Å²) in [5.74, 6) is 3.41. The molecule has 1 aliphatic heterocycles. The molecule has 0 spiro atoms. The minimum atomic E-state index is 0.495. The molecule has 4 rings (SSSR count). The van der Waals surface area contributed by atoms with Crippen LogP contribution in [0.1, 0.15) is 44.8 Å². The fraction of sp³-hybridized carbons (Fsp3) is 0.500. The Morgan fingerprint density at radius 2 is 1.86 bits per heavy atom. The predicted molar refractivity (Wildman–Crippen MR) is 110 cm³/mol. The molecule has 1 fully saturated rings. The molecule has 1 aliphatic rings. The first-order valence-electron chi connectivity index (χ1n) is 9.91. The van der Waals surface area contributed by atoms with Crippen LogP contribution in [0.2, 0.25) is 0 Å². The first-order valence-corrected chi connectivity index (χ1v) is 10.9. The summed E-state index contributed by atoms with van der Waals surface area (Å²) in [5, 5.41) is 14.0. The molecule has 1 aromatic carbocycles. The standard InChI is InChI=1S/C20H26N6OS/c1-15(2)13-18-21-17(24-27-18)14-28-20-23-22-19(25-11-7-4-8-12-25)26(20)16-9-5-3-6-10-16/h3,5-6,9-10,15H,4,7-8,11-14H2,1-2H3. The highest BCUT2D eigenvalue weighted by Gasteiger charge is 2.22. The van der Waals surface area contributed by atoms with Crippen LogP contribution in [0, 0.1) is 5.92 Å². The van der Waals surface area contributed by atoms with Crippen LogP contribution in [0.3, 0.4) is 0 Å². The molecule has 148 valence electrons. The van der Waals surface area contributed by atoms with Gasteiger partial charge in [0.2, 0.25) is 11.8 Å². The predicted octanol–water partition coefficient (Wildman–Crippen LogP) is 4.13. The van der Waals surface area contributed by atoms with Crippen LogP contribution >= 0.6 is 11.8 Å². The molecule has 0 N–H and O–H groups in total. The smallest absolute Gasteiger partial charge is 0.232 e. The van der Waals surface area contributed by atoms with Gasteiger partial charge in [-0.25, -0.2) is 0 Å². The number of para-hydroxylation sites is 1. The molecule has 0 amide bonds. The van der Waals surface area contributed by atoms with Crippen molar-refractivity contribution in [1.29, 1.82) is 0 Å². The van der Waals surface area contributed by atoms with Crippen molar-refractivity contribution in [2.24, 2.45) is 5.92 Å². The topological polar surface area (TPSA) is 72.9 Å². The average molecular weight is 399 g/mol. The number of aromatic nitrogens is 5. The summed E-state index contributed by atoms with van der Waals surface area (Å²) in [6, 6.07) is 10.3. The molecule has 0 aliphatic carbocycles. The van der Waals surface area contributed by atoms with Crippen LogP contribution < -0.4 is 4.90 Å². The molecule has 0 atom stereocenters. The van der Waals surface area contributed by atoms with Crippen molar-refractivity contribution in [2.75, 3.05) is 18.0 Å². The third-order valence-corrected chi connectivity index (χ3v) is 5.62. The van der Waals surface area contributed by atoms with Crippen LogP contribution in [-0.2, 0) is 12.2 Å². The summed E-state index contributed by atoms with van der Waals surface area (Å²) in [7, 11) is 0. The monoisotopic (exact) mass is 398 g/mol. The van der Waals surface area contributed by atoms with Crippen LogP contribution in [0.5, 0.6) is 0 Å². The maximum atomic E-state index is 5.35. The Bertz CT molecular complexity index is 885. The van der Waals surface area contributed by atoms with Gasteiger partial charge in [0.25, 0.3) is 0 Å². The number of hydrogen-bond acceptors (Lipinski definition) is 7. The zero-order chi connectivity index (χ0) is 19.3. The van der Waals surface area contributed by atoms with E-state index in [1.54, 1.807) is 11.8 Å². The molecule has 3 aromatic rings. The number of anilines is 1. The van der Waals surface area contributed by atoms with E-state index in [1.807, 2.05) is 18.2 Å². The van der Waals surface area contributed by atoms with Crippen molar-refractivity contribution >= 4 is 17.7 Å². The highest BCUT2D eigenvalue weighted by molar-refractivity contribution is 7.98. The molecule has 0 radical (unpaired) electrons. The first-order chi connectivity index (χ1) is 13.7. The largest absolute Gasteiger partial charge is 0.341 e. The van der Waals surface area contributed by atoms with Gasteiger partial charge in [-0.1, -0.05) is 49.0 Å². The van der Waals surface area contributed by atoms with Gasteiger partial charge in [0, 0.05) is 19.5 Å². The fourth-order valence-electron chi connectivity index (χ4n) is 3.37. The van der Waals surface area contributed by atoms with Crippen molar-refractivity contribution in [2.45, 2.75) is 50.4 Å². The maximum Gasteiger partial charge on any atom is 0.232 e. The van der Waals surface area contributed by atoms with Gasteiger partial charge in [0.1, 0.15) is 0 Å². The van der Waals surface area contributed by atoms with E-state index in [2.05, 4.69) is 55.8 Å². The second-order valence-electron chi connectivity index (χ2n) is 7.49. The Kier molecular flexibility index (Phi) is 5.95. The van der Waals surface area contributed by atoms with E-state index >= 15 is 0 Å². The van der Waals surface area contributed by atoms with Gasteiger partial charge in [0.05, 0.1) is 11.4 Å². The van der Waals surface area contributed by atoms with Gasteiger partial charge < -0.3 is 9.42 Å². The molecular formula is C20H26N6OS. The van der Waals surface area contributed by atoms with Gasteiger partial charge in [-0.05, 0) is 37.3 Å². The second kappa shape index (κ2) is 8.77.